The number of phenols is 1. The standard InChI is InChI=1S/C11H17NO.C2H5NO2.HI/c1-8-6-9(2)11(13)7-10(8)12(3,4)5;1-3-2(4)5;/h6-7H,1-5H3;3H,1H3,(H,4,5);1H. The topological polar surface area (TPSA) is 72.4 Å². The molecule has 6 heteroatoms. The SMILES string of the molecule is CNC(=O)[O-].Cc1cc(C)c([N+](C)(C)C)cc1O.I. The second-order valence-corrected chi connectivity index (χ2v) is 4.98. The summed E-state index contributed by atoms with van der Waals surface area (Å²) in [4.78, 5) is 9.15. The quantitative estimate of drug-likeness (QED) is 0.569. The molecule has 0 aliphatic carbocycles. The van der Waals surface area contributed by atoms with Crippen LogP contribution in [0, 0.1) is 13.8 Å². The lowest BCUT2D eigenvalue weighted by atomic mass is 10.1. The van der Waals surface area contributed by atoms with Crippen LogP contribution in [0.4, 0.5) is 10.5 Å². The van der Waals surface area contributed by atoms with Gasteiger partial charge in [-0.2, -0.15) is 0 Å². The molecule has 0 unspecified atom stereocenters. The Morgan fingerprint density at radius 2 is 1.63 bits per heavy atom. The first-order valence-electron chi connectivity index (χ1n) is 5.60. The lowest BCUT2D eigenvalue weighted by Gasteiger charge is -2.25. The number of aromatic hydroxyl groups is 1. The van der Waals surface area contributed by atoms with Gasteiger partial charge in [0.2, 0.25) is 0 Å². The third-order valence-corrected chi connectivity index (χ3v) is 2.44. The number of carbonyl (C=O) groups excluding carboxylic acids is 1. The van der Waals surface area contributed by atoms with E-state index in [1.807, 2.05) is 24.4 Å². The number of hydrogen-bond donors (Lipinski definition) is 2. The van der Waals surface area contributed by atoms with Gasteiger partial charge in [-0.15, -0.1) is 24.0 Å². The number of quaternary nitrogens is 1. The minimum absolute atomic E-state index is 0. The summed E-state index contributed by atoms with van der Waals surface area (Å²) in [5.41, 5.74) is 3.32. The molecule has 5 nitrogen and oxygen atoms in total. The highest BCUT2D eigenvalue weighted by atomic mass is 127. The molecule has 1 amide bonds. The van der Waals surface area contributed by atoms with Gasteiger partial charge in [-0.25, -0.2) is 0 Å². The number of hydrogen-bond acceptors (Lipinski definition) is 3. The van der Waals surface area contributed by atoms with E-state index in [1.165, 1.54) is 12.6 Å². The molecule has 0 heterocycles. The molecule has 0 aromatic heterocycles. The summed E-state index contributed by atoms with van der Waals surface area (Å²) >= 11 is 0. The number of carbonyl (C=O) groups is 1. The molecule has 0 aliphatic rings. The molecule has 1 aromatic carbocycles. The fraction of sp³-hybridized carbons (Fsp3) is 0.462. The highest BCUT2D eigenvalue weighted by Crippen LogP contribution is 2.29. The maximum absolute atomic E-state index is 9.58. The van der Waals surface area contributed by atoms with Gasteiger partial charge in [0.05, 0.1) is 21.1 Å². The summed E-state index contributed by atoms with van der Waals surface area (Å²) in [6, 6.07) is 3.87. The Kier molecular flexibility index (Phi) is 8.77. The van der Waals surface area contributed by atoms with Crippen molar-refractivity contribution in [1.29, 1.82) is 0 Å². The van der Waals surface area contributed by atoms with Crippen molar-refractivity contribution in [3.8, 4) is 5.75 Å². The molecule has 0 radical (unpaired) electrons. The lowest BCUT2D eigenvalue weighted by molar-refractivity contribution is -0.250. The van der Waals surface area contributed by atoms with E-state index < -0.39 is 6.09 Å². The maximum atomic E-state index is 9.58. The molecule has 1 rings (SSSR count). The van der Waals surface area contributed by atoms with E-state index in [9.17, 15) is 5.11 Å². The average Bonchev–Trinajstić information content (AvgIpc) is 2.22. The highest BCUT2D eigenvalue weighted by Gasteiger charge is 2.16. The molecule has 0 saturated heterocycles. The monoisotopic (exact) mass is 382 g/mol. The second kappa shape index (κ2) is 8.21. The largest absolute Gasteiger partial charge is 0.530 e. The Labute approximate surface area is 131 Å². The van der Waals surface area contributed by atoms with Crippen molar-refractivity contribution in [1.82, 2.24) is 9.80 Å². The van der Waals surface area contributed by atoms with Gasteiger partial charge in [-0.1, -0.05) is 0 Å². The predicted octanol–water partition coefficient (Wildman–Crippen LogP) is 1.37. The van der Waals surface area contributed by atoms with Gasteiger partial charge in [0.1, 0.15) is 17.5 Å². The smallest absolute Gasteiger partial charge is 0.138 e. The molecule has 0 aliphatic heterocycles. The van der Waals surface area contributed by atoms with Crippen LogP contribution in [-0.2, 0) is 0 Å². The van der Waals surface area contributed by atoms with Crippen LogP contribution in [0.3, 0.4) is 0 Å². The Morgan fingerprint density at radius 1 is 1.21 bits per heavy atom. The summed E-state index contributed by atoms with van der Waals surface area (Å²) in [5.74, 6) is 0.383. The van der Waals surface area contributed by atoms with E-state index in [0.717, 1.165) is 15.7 Å². The third kappa shape index (κ3) is 7.22. The first-order valence-corrected chi connectivity index (χ1v) is 5.60. The van der Waals surface area contributed by atoms with Gasteiger partial charge in [0.15, 0.2) is 0 Å². The number of carboxylic acid groups (broad SMARTS) is 1. The van der Waals surface area contributed by atoms with Crippen LogP contribution in [0.15, 0.2) is 12.1 Å². The summed E-state index contributed by atoms with van der Waals surface area (Å²) < 4.78 is 0.736. The van der Waals surface area contributed by atoms with Crippen LogP contribution in [0.25, 0.3) is 0 Å². The number of halogens is 1. The summed E-state index contributed by atoms with van der Waals surface area (Å²) in [6.45, 7) is 3.99. The summed E-state index contributed by atoms with van der Waals surface area (Å²) in [7, 11) is 7.57. The molecule has 0 bridgehead atoms. The van der Waals surface area contributed by atoms with Gasteiger partial charge in [0.25, 0.3) is 0 Å². The van der Waals surface area contributed by atoms with Gasteiger partial charge < -0.3 is 20.3 Å². The van der Waals surface area contributed by atoms with E-state index in [-0.39, 0.29) is 24.0 Å². The minimum atomic E-state index is -1.25. The average molecular weight is 382 g/mol. The number of nitrogens with zero attached hydrogens (tertiary/aromatic N) is 1. The van der Waals surface area contributed by atoms with Gasteiger partial charge in [-0.05, 0) is 25.5 Å². The molecule has 1 aromatic rings. The number of benzene rings is 1. The molecule has 0 spiro atoms. The molecule has 110 valence electrons. The van der Waals surface area contributed by atoms with E-state index in [1.54, 1.807) is 0 Å². The Bertz CT molecular complexity index is 429. The van der Waals surface area contributed by atoms with Crippen molar-refractivity contribution < 1.29 is 15.0 Å². The van der Waals surface area contributed by atoms with Crippen LogP contribution >= 0.6 is 24.0 Å². The lowest BCUT2D eigenvalue weighted by Crippen LogP contribution is -2.35. The van der Waals surface area contributed by atoms with E-state index >= 15 is 0 Å². The Balaban J connectivity index is 0. The molecule has 0 fully saturated rings. The number of phenolic OH excluding ortho intramolecular Hbond substituents is 1. The highest BCUT2D eigenvalue weighted by molar-refractivity contribution is 14.0. The molecule has 0 atom stereocenters. The first-order chi connectivity index (χ1) is 8.09. The molecular weight excluding hydrogens is 359 g/mol. The van der Waals surface area contributed by atoms with Gasteiger partial charge in [0, 0.05) is 18.7 Å². The van der Waals surface area contributed by atoms with Crippen molar-refractivity contribution in [2.24, 2.45) is 0 Å². The summed E-state index contributed by atoms with van der Waals surface area (Å²) in [6.07, 6.45) is -1.25. The number of amides is 1. The number of aryl methyl sites for hydroxylation is 2. The van der Waals surface area contributed by atoms with E-state index in [0.29, 0.717) is 5.75 Å². The zero-order valence-electron chi connectivity index (χ0n) is 12.3. The Hall–Kier alpha value is -1.02. The summed E-state index contributed by atoms with van der Waals surface area (Å²) in [5, 5.41) is 20.6. The van der Waals surface area contributed by atoms with Crippen molar-refractivity contribution in [3.05, 3.63) is 23.3 Å². The first kappa shape index (κ1) is 20.3. The molecule has 2 N–H and O–H groups in total. The maximum Gasteiger partial charge on any atom is 0.138 e. The fourth-order valence-electron chi connectivity index (χ4n) is 1.55. The van der Waals surface area contributed by atoms with Crippen molar-refractivity contribution in [3.63, 3.8) is 0 Å². The molecule has 0 saturated carbocycles. The van der Waals surface area contributed by atoms with Crippen molar-refractivity contribution >= 4 is 35.8 Å². The second-order valence-electron chi connectivity index (χ2n) is 4.98. The number of nitrogens with one attached hydrogen (secondary N) is 1. The van der Waals surface area contributed by atoms with E-state index in [2.05, 4.69) is 28.1 Å². The normalized spacial score (nSPS) is 9.79. The van der Waals surface area contributed by atoms with Gasteiger partial charge in [-0.3, -0.25) is 4.48 Å². The van der Waals surface area contributed by atoms with E-state index in [4.69, 9.17) is 9.90 Å². The van der Waals surface area contributed by atoms with Crippen LogP contribution in [0.2, 0.25) is 0 Å². The van der Waals surface area contributed by atoms with Crippen molar-refractivity contribution in [2.45, 2.75) is 13.8 Å². The zero-order chi connectivity index (χ0) is 14.5. The third-order valence-electron chi connectivity index (χ3n) is 2.44. The van der Waals surface area contributed by atoms with Crippen LogP contribution < -0.4 is 14.9 Å². The van der Waals surface area contributed by atoms with Crippen LogP contribution in [0.1, 0.15) is 11.1 Å². The van der Waals surface area contributed by atoms with Crippen LogP contribution in [-0.4, -0.2) is 39.4 Å². The van der Waals surface area contributed by atoms with Gasteiger partial charge >= 0.3 is 0 Å². The molecule has 19 heavy (non-hydrogen) atoms. The predicted molar refractivity (Wildman–Crippen MR) is 87.0 cm³/mol. The van der Waals surface area contributed by atoms with Crippen molar-refractivity contribution in [2.75, 3.05) is 28.2 Å². The fourth-order valence-corrected chi connectivity index (χ4v) is 1.55. The Morgan fingerprint density at radius 3 is 1.95 bits per heavy atom. The van der Waals surface area contributed by atoms with Crippen LogP contribution in [0.5, 0.6) is 5.75 Å². The zero-order valence-corrected chi connectivity index (χ0v) is 14.6. The minimum Gasteiger partial charge on any atom is -0.530 e. The number of rotatable bonds is 1. The molecular formula is C13H23IN2O3.